The molecule has 0 saturated carbocycles. The first-order valence-corrected chi connectivity index (χ1v) is 6.76. The van der Waals surface area contributed by atoms with Crippen LogP contribution in [0.4, 0.5) is 5.95 Å². The van der Waals surface area contributed by atoms with E-state index in [4.69, 9.17) is 16.3 Å². The van der Waals surface area contributed by atoms with Gasteiger partial charge in [-0.3, -0.25) is 4.90 Å². The van der Waals surface area contributed by atoms with E-state index < -0.39 is 0 Å². The summed E-state index contributed by atoms with van der Waals surface area (Å²) < 4.78 is 5.59. The molecule has 6 heteroatoms. The lowest BCUT2D eigenvalue weighted by Gasteiger charge is -2.27. The van der Waals surface area contributed by atoms with Crippen LogP contribution in [0.3, 0.4) is 0 Å². The van der Waals surface area contributed by atoms with Crippen molar-refractivity contribution < 1.29 is 4.74 Å². The van der Waals surface area contributed by atoms with Gasteiger partial charge in [0.05, 0.1) is 42.7 Å². The Hall–Kier alpha value is -0.910. The van der Waals surface area contributed by atoms with Crippen LogP contribution in [-0.4, -0.2) is 53.3 Å². The Morgan fingerprint density at radius 3 is 2.67 bits per heavy atom. The normalized spacial score (nSPS) is 28.7. The van der Waals surface area contributed by atoms with E-state index >= 15 is 0 Å². The van der Waals surface area contributed by atoms with Gasteiger partial charge in [0.2, 0.25) is 5.95 Å². The molecule has 2 atom stereocenters. The number of halogens is 1. The van der Waals surface area contributed by atoms with E-state index in [-0.39, 0.29) is 6.04 Å². The van der Waals surface area contributed by atoms with E-state index in [0.717, 1.165) is 6.61 Å². The van der Waals surface area contributed by atoms with Crippen LogP contribution in [0.5, 0.6) is 0 Å². The highest BCUT2D eigenvalue weighted by Gasteiger charge is 2.34. The largest absolute Gasteiger partial charge is 0.378 e. The maximum atomic E-state index is 5.77. The number of nitrogens with one attached hydrogen (secondary N) is 1. The van der Waals surface area contributed by atoms with E-state index in [2.05, 4.69) is 20.2 Å². The van der Waals surface area contributed by atoms with Crippen molar-refractivity contribution in [3.8, 4) is 0 Å². The summed E-state index contributed by atoms with van der Waals surface area (Å²) >= 11 is 5.77. The lowest BCUT2D eigenvalue weighted by atomic mass is 10.1. The number of hydrogen-bond acceptors (Lipinski definition) is 5. The molecule has 2 aliphatic heterocycles. The SMILES string of the molecule is Clc1cnc(N[C@H]2COC[C@@H]2N2CCCC2)nc1. The maximum Gasteiger partial charge on any atom is 0.223 e. The van der Waals surface area contributed by atoms with Gasteiger partial charge in [0.15, 0.2) is 0 Å². The summed E-state index contributed by atoms with van der Waals surface area (Å²) in [5.74, 6) is 0.624. The quantitative estimate of drug-likeness (QED) is 0.898. The summed E-state index contributed by atoms with van der Waals surface area (Å²) in [6, 6.07) is 0.705. The molecule has 98 valence electrons. The van der Waals surface area contributed by atoms with Gasteiger partial charge in [-0.05, 0) is 25.9 Å². The molecule has 0 aromatic carbocycles. The topological polar surface area (TPSA) is 50.3 Å². The molecule has 5 nitrogen and oxygen atoms in total. The van der Waals surface area contributed by atoms with Crippen molar-refractivity contribution in [2.75, 3.05) is 31.6 Å². The number of anilines is 1. The molecule has 18 heavy (non-hydrogen) atoms. The molecule has 0 aliphatic carbocycles. The highest BCUT2D eigenvalue weighted by Crippen LogP contribution is 2.21. The summed E-state index contributed by atoms with van der Waals surface area (Å²) in [7, 11) is 0. The molecule has 3 heterocycles. The maximum absolute atomic E-state index is 5.77. The smallest absolute Gasteiger partial charge is 0.223 e. The van der Waals surface area contributed by atoms with Crippen molar-refractivity contribution in [2.24, 2.45) is 0 Å². The summed E-state index contributed by atoms with van der Waals surface area (Å²) in [6.45, 7) is 3.86. The molecule has 2 saturated heterocycles. The highest BCUT2D eigenvalue weighted by molar-refractivity contribution is 6.30. The number of ether oxygens (including phenoxy) is 1. The summed E-state index contributed by atoms with van der Waals surface area (Å²) in [5, 5.41) is 3.90. The van der Waals surface area contributed by atoms with E-state index in [0.29, 0.717) is 23.6 Å². The first-order valence-electron chi connectivity index (χ1n) is 6.39. The predicted molar refractivity (Wildman–Crippen MR) is 69.9 cm³/mol. The third-order valence-corrected chi connectivity index (χ3v) is 3.79. The zero-order valence-corrected chi connectivity index (χ0v) is 10.9. The average Bonchev–Trinajstić information content (AvgIpc) is 3.02. The molecule has 3 rings (SSSR count). The second-order valence-electron chi connectivity index (χ2n) is 4.82. The Labute approximate surface area is 112 Å². The molecule has 1 aromatic rings. The van der Waals surface area contributed by atoms with Crippen molar-refractivity contribution in [3.63, 3.8) is 0 Å². The van der Waals surface area contributed by atoms with Gasteiger partial charge >= 0.3 is 0 Å². The second kappa shape index (κ2) is 5.38. The molecule has 0 unspecified atom stereocenters. The Morgan fingerprint density at radius 2 is 1.94 bits per heavy atom. The monoisotopic (exact) mass is 268 g/mol. The molecule has 1 aromatic heterocycles. The molecule has 0 bridgehead atoms. The fourth-order valence-electron chi connectivity index (χ4n) is 2.67. The number of hydrogen-bond donors (Lipinski definition) is 1. The van der Waals surface area contributed by atoms with Crippen LogP contribution in [0.15, 0.2) is 12.4 Å². The van der Waals surface area contributed by atoms with Crippen LogP contribution in [0.2, 0.25) is 5.02 Å². The average molecular weight is 269 g/mol. The molecule has 2 fully saturated rings. The standard InChI is InChI=1S/C12H17ClN4O/c13-9-5-14-12(15-6-9)16-10-7-18-8-11(10)17-3-1-2-4-17/h5-6,10-11H,1-4,7-8H2,(H,14,15,16)/t10-,11-/m0/s1. The minimum atomic E-state index is 0.268. The van der Waals surface area contributed by atoms with Crippen molar-refractivity contribution >= 4 is 17.5 Å². The van der Waals surface area contributed by atoms with Gasteiger partial charge in [-0.25, -0.2) is 9.97 Å². The number of rotatable bonds is 3. The van der Waals surface area contributed by atoms with Gasteiger partial charge in [-0.2, -0.15) is 0 Å². The van der Waals surface area contributed by atoms with Crippen molar-refractivity contribution in [1.82, 2.24) is 14.9 Å². The van der Waals surface area contributed by atoms with Crippen LogP contribution >= 0.6 is 11.6 Å². The number of likely N-dealkylation sites (tertiary alicyclic amines) is 1. The number of aromatic nitrogens is 2. The van der Waals surface area contributed by atoms with Crippen LogP contribution < -0.4 is 5.32 Å². The molecule has 0 amide bonds. The van der Waals surface area contributed by atoms with Crippen LogP contribution in [-0.2, 0) is 4.74 Å². The summed E-state index contributed by atoms with van der Waals surface area (Å²) in [6.07, 6.45) is 5.80. The van der Waals surface area contributed by atoms with Crippen LogP contribution in [0.1, 0.15) is 12.8 Å². The summed E-state index contributed by atoms with van der Waals surface area (Å²) in [4.78, 5) is 10.8. The predicted octanol–water partition coefficient (Wildman–Crippen LogP) is 1.41. The molecule has 1 N–H and O–H groups in total. The summed E-state index contributed by atoms with van der Waals surface area (Å²) in [5.41, 5.74) is 0. The van der Waals surface area contributed by atoms with E-state index in [1.54, 1.807) is 12.4 Å². The van der Waals surface area contributed by atoms with Crippen LogP contribution in [0, 0.1) is 0 Å². The van der Waals surface area contributed by atoms with Gasteiger partial charge in [0, 0.05) is 0 Å². The lowest BCUT2D eigenvalue weighted by Crippen LogP contribution is -2.45. The van der Waals surface area contributed by atoms with E-state index in [1.807, 2.05) is 0 Å². The van der Waals surface area contributed by atoms with Gasteiger partial charge in [0.1, 0.15) is 0 Å². The molecular weight excluding hydrogens is 252 g/mol. The molecule has 0 spiro atoms. The van der Waals surface area contributed by atoms with Gasteiger partial charge < -0.3 is 10.1 Å². The second-order valence-corrected chi connectivity index (χ2v) is 5.26. The highest BCUT2D eigenvalue weighted by atomic mass is 35.5. The molecule has 2 aliphatic rings. The Kier molecular flexibility index (Phi) is 3.63. The minimum Gasteiger partial charge on any atom is -0.378 e. The zero-order valence-electron chi connectivity index (χ0n) is 10.2. The third kappa shape index (κ3) is 2.58. The fraction of sp³-hybridized carbons (Fsp3) is 0.667. The molecular formula is C12H17ClN4O. The Bertz CT molecular complexity index is 394. The van der Waals surface area contributed by atoms with Crippen molar-refractivity contribution in [3.05, 3.63) is 17.4 Å². The number of nitrogens with zero attached hydrogens (tertiary/aromatic N) is 3. The minimum absolute atomic E-state index is 0.268. The fourth-order valence-corrected chi connectivity index (χ4v) is 2.76. The van der Waals surface area contributed by atoms with Gasteiger partial charge in [0.25, 0.3) is 0 Å². The van der Waals surface area contributed by atoms with Crippen LogP contribution in [0.25, 0.3) is 0 Å². The third-order valence-electron chi connectivity index (χ3n) is 3.59. The zero-order chi connectivity index (χ0) is 12.4. The Balaban J connectivity index is 1.65. The van der Waals surface area contributed by atoms with Gasteiger partial charge in [-0.1, -0.05) is 11.6 Å². The van der Waals surface area contributed by atoms with Gasteiger partial charge in [-0.15, -0.1) is 0 Å². The van der Waals surface area contributed by atoms with E-state index in [1.165, 1.54) is 25.9 Å². The first-order chi connectivity index (χ1) is 8.83. The van der Waals surface area contributed by atoms with Crippen molar-refractivity contribution in [1.29, 1.82) is 0 Å². The van der Waals surface area contributed by atoms with E-state index in [9.17, 15) is 0 Å². The van der Waals surface area contributed by atoms with Crippen molar-refractivity contribution in [2.45, 2.75) is 24.9 Å². The first kappa shape index (κ1) is 12.1. The Morgan fingerprint density at radius 1 is 1.22 bits per heavy atom. The molecule has 0 radical (unpaired) electrons. The lowest BCUT2D eigenvalue weighted by molar-refractivity contribution is 0.159.